The molecule has 0 saturated carbocycles. The lowest BCUT2D eigenvalue weighted by Gasteiger charge is -2.30. The molecule has 0 unspecified atom stereocenters. The second-order valence-corrected chi connectivity index (χ2v) is 7.34. The summed E-state index contributed by atoms with van der Waals surface area (Å²) in [6.45, 7) is 4.04. The number of carbonyl (C=O) groups excluding carboxylic acids is 1. The second-order valence-electron chi connectivity index (χ2n) is 7.34. The summed E-state index contributed by atoms with van der Waals surface area (Å²) in [5.41, 5.74) is 0.855. The van der Waals surface area contributed by atoms with Crippen molar-refractivity contribution in [1.29, 1.82) is 0 Å². The van der Waals surface area contributed by atoms with Crippen molar-refractivity contribution in [3.63, 3.8) is 0 Å². The average Bonchev–Trinajstić information content (AvgIpc) is 2.64. The summed E-state index contributed by atoms with van der Waals surface area (Å²) in [5.74, 6) is 0.966. The maximum absolute atomic E-state index is 12.1. The first-order chi connectivity index (χ1) is 12.9. The average molecular weight is 383 g/mol. The van der Waals surface area contributed by atoms with E-state index in [4.69, 9.17) is 0 Å². The quantitative estimate of drug-likeness (QED) is 0.657. The van der Waals surface area contributed by atoms with Gasteiger partial charge in [0.2, 0.25) is 0 Å². The Bertz CT molecular complexity index is 561. The molecule has 0 radical (unpaired) electrons. The highest BCUT2D eigenvalue weighted by molar-refractivity contribution is 5.73. The fourth-order valence-electron chi connectivity index (χ4n) is 3.20. The van der Waals surface area contributed by atoms with Crippen molar-refractivity contribution in [3.8, 4) is 5.75 Å². The molecule has 27 heavy (non-hydrogen) atoms. The molecule has 152 valence electrons. The number of urea groups is 1. The van der Waals surface area contributed by atoms with E-state index in [0.29, 0.717) is 13.1 Å². The molecule has 0 bridgehead atoms. The van der Waals surface area contributed by atoms with Gasteiger partial charge in [-0.3, -0.25) is 0 Å². The number of alkyl halides is 2. The summed E-state index contributed by atoms with van der Waals surface area (Å²) in [4.78, 5) is 16.2. The van der Waals surface area contributed by atoms with E-state index < -0.39 is 6.61 Å². The standard InChI is InChI=1S/C20H31F2N3O2/c1-16-9-13-25(14-10-16)12-4-3-11-23-20(26)24(2)15-17-5-7-18(8-6-17)27-19(21)22/h5-8,16,19H,3-4,9-15H2,1-2H3,(H,23,26). The van der Waals surface area contributed by atoms with Crippen molar-refractivity contribution < 1.29 is 18.3 Å². The van der Waals surface area contributed by atoms with Gasteiger partial charge in [0.15, 0.2) is 0 Å². The molecular weight excluding hydrogens is 352 g/mol. The first kappa shape index (κ1) is 21.4. The van der Waals surface area contributed by atoms with Crippen molar-refractivity contribution in [2.24, 2.45) is 5.92 Å². The number of likely N-dealkylation sites (tertiary alicyclic amines) is 1. The van der Waals surface area contributed by atoms with Crippen molar-refractivity contribution >= 4 is 6.03 Å². The molecule has 0 aromatic heterocycles. The molecule has 1 aromatic carbocycles. The molecule has 2 amide bonds. The Balaban J connectivity index is 1.59. The first-order valence-electron chi connectivity index (χ1n) is 9.69. The van der Waals surface area contributed by atoms with Gasteiger partial charge in [-0.1, -0.05) is 19.1 Å². The summed E-state index contributed by atoms with van der Waals surface area (Å²) >= 11 is 0. The molecule has 1 fully saturated rings. The molecule has 2 rings (SSSR count). The van der Waals surface area contributed by atoms with Crippen LogP contribution >= 0.6 is 0 Å². The molecule has 7 heteroatoms. The zero-order valence-electron chi connectivity index (χ0n) is 16.3. The zero-order valence-corrected chi connectivity index (χ0v) is 16.3. The first-order valence-corrected chi connectivity index (χ1v) is 9.69. The number of hydrogen-bond donors (Lipinski definition) is 1. The van der Waals surface area contributed by atoms with E-state index in [2.05, 4.69) is 21.9 Å². The Morgan fingerprint density at radius 2 is 1.93 bits per heavy atom. The lowest BCUT2D eigenvalue weighted by Crippen LogP contribution is -2.37. The number of halogens is 2. The van der Waals surface area contributed by atoms with E-state index in [1.165, 1.54) is 38.1 Å². The number of benzene rings is 1. The Morgan fingerprint density at radius 1 is 1.26 bits per heavy atom. The largest absolute Gasteiger partial charge is 0.435 e. The summed E-state index contributed by atoms with van der Waals surface area (Å²) in [7, 11) is 1.72. The van der Waals surface area contributed by atoms with Crippen LogP contribution in [0.25, 0.3) is 0 Å². The van der Waals surface area contributed by atoms with Crippen molar-refractivity contribution in [3.05, 3.63) is 29.8 Å². The minimum atomic E-state index is -2.83. The number of ether oxygens (including phenoxy) is 1. The number of hydrogen-bond acceptors (Lipinski definition) is 3. The SMILES string of the molecule is CC1CCN(CCCCNC(=O)N(C)Cc2ccc(OC(F)F)cc2)CC1. The molecule has 1 aromatic rings. The molecule has 1 heterocycles. The Kier molecular flexibility index (Phi) is 8.78. The van der Waals surface area contributed by atoms with E-state index in [-0.39, 0.29) is 11.8 Å². The van der Waals surface area contributed by atoms with Gasteiger partial charge in [-0.25, -0.2) is 4.79 Å². The monoisotopic (exact) mass is 383 g/mol. The summed E-state index contributed by atoms with van der Waals surface area (Å²) in [5, 5.41) is 2.93. The van der Waals surface area contributed by atoms with Gasteiger partial charge in [0.05, 0.1) is 0 Å². The van der Waals surface area contributed by atoms with Gasteiger partial charge in [0, 0.05) is 20.1 Å². The summed E-state index contributed by atoms with van der Waals surface area (Å²) in [6, 6.07) is 6.19. The maximum atomic E-state index is 12.1. The summed E-state index contributed by atoms with van der Waals surface area (Å²) in [6.07, 6.45) is 4.63. The van der Waals surface area contributed by atoms with Crippen LogP contribution in [-0.4, -0.2) is 55.7 Å². The van der Waals surface area contributed by atoms with Gasteiger partial charge >= 0.3 is 12.6 Å². The molecular formula is C20H31F2N3O2. The highest BCUT2D eigenvalue weighted by atomic mass is 19.3. The predicted molar refractivity (Wildman–Crippen MR) is 102 cm³/mol. The number of nitrogens with one attached hydrogen (secondary N) is 1. The maximum Gasteiger partial charge on any atom is 0.387 e. The minimum Gasteiger partial charge on any atom is -0.435 e. The van der Waals surface area contributed by atoms with Crippen LogP contribution in [0, 0.1) is 5.92 Å². The normalized spacial score (nSPS) is 15.7. The predicted octanol–water partition coefficient (Wildman–Crippen LogP) is 3.94. The fourth-order valence-corrected chi connectivity index (χ4v) is 3.20. The third-order valence-corrected chi connectivity index (χ3v) is 4.97. The highest BCUT2D eigenvalue weighted by Gasteiger charge is 2.15. The van der Waals surface area contributed by atoms with Crippen molar-refractivity contribution in [2.45, 2.75) is 45.8 Å². The molecule has 0 spiro atoms. The Morgan fingerprint density at radius 3 is 2.56 bits per heavy atom. The van der Waals surface area contributed by atoms with Gasteiger partial charge in [-0.05, 0) is 68.9 Å². The molecule has 1 N–H and O–H groups in total. The smallest absolute Gasteiger partial charge is 0.387 e. The molecule has 5 nitrogen and oxygen atoms in total. The molecule has 0 aliphatic carbocycles. The molecule has 0 atom stereocenters. The topological polar surface area (TPSA) is 44.8 Å². The van der Waals surface area contributed by atoms with Gasteiger partial charge in [-0.2, -0.15) is 8.78 Å². The Labute approximate surface area is 160 Å². The van der Waals surface area contributed by atoms with E-state index in [9.17, 15) is 13.6 Å². The van der Waals surface area contributed by atoms with E-state index in [0.717, 1.165) is 30.9 Å². The number of rotatable bonds is 9. The van der Waals surface area contributed by atoms with Crippen molar-refractivity contribution in [2.75, 3.05) is 33.2 Å². The number of carbonyl (C=O) groups is 1. The Hall–Kier alpha value is -1.89. The van der Waals surface area contributed by atoms with E-state index in [1.54, 1.807) is 24.1 Å². The van der Waals surface area contributed by atoms with Gasteiger partial charge in [0.25, 0.3) is 0 Å². The minimum absolute atomic E-state index is 0.115. The van der Waals surface area contributed by atoms with Crippen LogP contribution in [0.5, 0.6) is 5.75 Å². The second kappa shape index (κ2) is 11.1. The summed E-state index contributed by atoms with van der Waals surface area (Å²) < 4.78 is 28.6. The van der Waals surface area contributed by atoms with Gasteiger partial charge in [0.1, 0.15) is 5.75 Å². The van der Waals surface area contributed by atoms with Crippen LogP contribution in [0.2, 0.25) is 0 Å². The van der Waals surface area contributed by atoms with Gasteiger partial charge in [-0.15, -0.1) is 0 Å². The zero-order chi connectivity index (χ0) is 19.6. The van der Waals surface area contributed by atoms with Crippen LogP contribution in [0.3, 0.4) is 0 Å². The lowest BCUT2D eigenvalue weighted by molar-refractivity contribution is -0.0498. The van der Waals surface area contributed by atoms with Crippen molar-refractivity contribution in [1.82, 2.24) is 15.1 Å². The lowest BCUT2D eigenvalue weighted by atomic mass is 9.99. The van der Waals surface area contributed by atoms with E-state index >= 15 is 0 Å². The van der Waals surface area contributed by atoms with Gasteiger partial charge < -0.3 is 19.9 Å². The number of unbranched alkanes of at least 4 members (excludes halogenated alkanes) is 1. The van der Waals surface area contributed by atoms with Crippen LogP contribution in [-0.2, 0) is 6.54 Å². The van der Waals surface area contributed by atoms with E-state index in [1.807, 2.05) is 0 Å². The highest BCUT2D eigenvalue weighted by Crippen LogP contribution is 2.17. The van der Waals surface area contributed by atoms with Crippen LogP contribution in [0.15, 0.2) is 24.3 Å². The fraction of sp³-hybridized carbons (Fsp3) is 0.650. The van der Waals surface area contributed by atoms with Crippen LogP contribution in [0.1, 0.15) is 38.2 Å². The molecule has 1 aliphatic heterocycles. The third-order valence-electron chi connectivity index (χ3n) is 4.97. The molecule has 1 saturated heterocycles. The number of nitrogens with zero attached hydrogens (tertiary/aromatic N) is 2. The van der Waals surface area contributed by atoms with Crippen LogP contribution in [0.4, 0.5) is 13.6 Å². The third kappa shape index (κ3) is 8.12. The number of amides is 2. The van der Waals surface area contributed by atoms with Crippen LogP contribution < -0.4 is 10.1 Å². The number of piperidine rings is 1. The molecule has 1 aliphatic rings.